The number of rotatable bonds is 3. The summed E-state index contributed by atoms with van der Waals surface area (Å²) in [5.41, 5.74) is 3.67. The fraction of sp³-hybridized carbons (Fsp3) is 0.111. The number of aromatic nitrogens is 2. The van der Waals surface area contributed by atoms with Crippen LogP contribution in [0, 0.1) is 6.92 Å². The van der Waals surface area contributed by atoms with Gasteiger partial charge in [-0.25, -0.2) is 0 Å². The molecule has 0 aliphatic heterocycles. The minimum absolute atomic E-state index is 0.201. The number of benzene rings is 2. The van der Waals surface area contributed by atoms with Crippen LogP contribution >= 0.6 is 23.2 Å². The molecule has 0 atom stereocenters. The Morgan fingerprint density at radius 3 is 2.54 bits per heavy atom. The van der Waals surface area contributed by atoms with Gasteiger partial charge in [-0.3, -0.25) is 9.48 Å². The SMILES string of the molecule is Cc1nn(C)cc1C(=O)Nc1ccccc1-c1ccc(Cl)c(Cl)c1. The van der Waals surface area contributed by atoms with E-state index in [-0.39, 0.29) is 5.91 Å². The highest BCUT2D eigenvalue weighted by Gasteiger charge is 2.15. The van der Waals surface area contributed by atoms with Gasteiger partial charge in [0.2, 0.25) is 0 Å². The van der Waals surface area contributed by atoms with Crippen LogP contribution in [0.4, 0.5) is 5.69 Å². The molecule has 1 aromatic heterocycles. The normalized spacial score (nSPS) is 10.7. The van der Waals surface area contributed by atoms with E-state index in [2.05, 4.69) is 10.4 Å². The monoisotopic (exact) mass is 359 g/mol. The van der Waals surface area contributed by atoms with Crippen LogP contribution in [0.1, 0.15) is 16.1 Å². The summed E-state index contributed by atoms with van der Waals surface area (Å²) >= 11 is 12.1. The van der Waals surface area contributed by atoms with E-state index in [0.717, 1.165) is 11.1 Å². The molecule has 122 valence electrons. The molecule has 0 radical (unpaired) electrons. The third kappa shape index (κ3) is 3.30. The molecule has 0 aliphatic rings. The molecule has 0 saturated carbocycles. The van der Waals surface area contributed by atoms with Crippen LogP contribution in [0.25, 0.3) is 11.1 Å². The van der Waals surface area contributed by atoms with Gasteiger partial charge in [-0.1, -0.05) is 47.5 Å². The third-order valence-corrected chi connectivity index (χ3v) is 4.40. The van der Waals surface area contributed by atoms with Gasteiger partial charge in [-0.2, -0.15) is 5.10 Å². The lowest BCUT2D eigenvalue weighted by molar-refractivity contribution is 0.102. The van der Waals surface area contributed by atoms with Crippen molar-refractivity contribution >= 4 is 34.8 Å². The Kier molecular flexibility index (Phi) is 4.60. The first-order valence-corrected chi connectivity index (χ1v) is 8.07. The van der Waals surface area contributed by atoms with Gasteiger partial charge >= 0.3 is 0 Å². The predicted molar refractivity (Wildman–Crippen MR) is 97.8 cm³/mol. The minimum Gasteiger partial charge on any atom is -0.321 e. The Hall–Kier alpha value is -2.30. The van der Waals surface area contributed by atoms with Gasteiger partial charge in [0.15, 0.2) is 0 Å². The maximum atomic E-state index is 12.5. The number of amides is 1. The second kappa shape index (κ2) is 6.67. The van der Waals surface area contributed by atoms with Crippen molar-refractivity contribution in [3.63, 3.8) is 0 Å². The van der Waals surface area contributed by atoms with Gasteiger partial charge < -0.3 is 5.32 Å². The summed E-state index contributed by atoms with van der Waals surface area (Å²) in [6, 6.07) is 12.9. The molecule has 6 heteroatoms. The molecule has 4 nitrogen and oxygen atoms in total. The maximum absolute atomic E-state index is 12.5. The topological polar surface area (TPSA) is 46.9 Å². The Morgan fingerprint density at radius 2 is 1.88 bits per heavy atom. The predicted octanol–water partition coefficient (Wildman–Crippen LogP) is 4.95. The van der Waals surface area contributed by atoms with E-state index in [1.54, 1.807) is 37.0 Å². The zero-order chi connectivity index (χ0) is 17.3. The van der Waals surface area contributed by atoms with E-state index in [1.165, 1.54) is 0 Å². The fourth-order valence-corrected chi connectivity index (χ4v) is 2.82. The summed E-state index contributed by atoms with van der Waals surface area (Å²) in [5.74, 6) is -0.201. The summed E-state index contributed by atoms with van der Waals surface area (Å²) in [6.45, 7) is 1.81. The summed E-state index contributed by atoms with van der Waals surface area (Å²) < 4.78 is 1.62. The van der Waals surface area contributed by atoms with Crippen molar-refractivity contribution < 1.29 is 4.79 Å². The van der Waals surface area contributed by atoms with E-state index in [0.29, 0.717) is 27.0 Å². The van der Waals surface area contributed by atoms with E-state index < -0.39 is 0 Å². The van der Waals surface area contributed by atoms with E-state index in [9.17, 15) is 4.79 Å². The van der Waals surface area contributed by atoms with E-state index in [4.69, 9.17) is 23.2 Å². The first-order valence-electron chi connectivity index (χ1n) is 7.32. The van der Waals surface area contributed by atoms with Gasteiger partial charge in [0.25, 0.3) is 5.91 Å². The smallest absolute Gasteiger partial charge is 0.259 e. The number of halogens is 2. The lowest BCUT2D eigenvalue weighted by Crippen LogP contribution is -2.13. The Bertz CT molecular complexity index is 918. The number of aryl methyl sites for hydroxylation is 2. The van der Waals surface area contributed by atoms with Crippen molar-refractivity contribution in [2.75, 3.05) is 5.32 Å². The highest BCUT2D eigenvalue weighted by atomic mass is 35.5. The van der Waals surface area contributed by atoms with Crippen molar-refractivity contribution in [3.05, 3.63) is 70.0 Å². The number of para-hydroxylation sites is 1. The van der Waals surface area contributed by atoms with Crippen LogP contribution in [0.2, 0.25) is 10.0 Å². The van der Waals surface area contributed by atoms with Crippen LogP contribution in [0.3, 0.4) is 0 Å². The van der Waals surface area contributed by atoms with Crippen molar-refractivity contribution in [3.8, 4) is 11.1 Å². The van der Waals surface area contributed by atoms with E-state index in [1.807, 2.05) is 30.3 Å². The van der Waals surface area contributed by atoms with Crippen molar-refractivity contribution in [1.82, 2.24) is 9.78 Å². The zero-order valence-electron chi connectivity index (χ0n) is 13.2. The second-order valence-corrected chi connectivity index (χ2v) is 6.24. The van der Waals surface area contributed by atoms with Crippen molar-refractivity contribution in [1.29, 1.82) is 0 Å². The molecule has 1 heterocycles. The Labute approximate surface area is 150 Å². The quantitative estimate of drug-likeness (QED) is 0.718. The van der Waals surface area contributed by atoms with Gasteiger partial charge in [-0.15, -0.1) is 0 Å². The van der Waals surface area contributed by atoms with Crippen LogP contribution in [0.5, 0.6) is 0 Å². The molecule has 0 fully saturated rings. The summed E-state index contributed by atoms with van der Waals surface area (Å²) in [6.07, 6.45) is 1.70. The van der Waals surface area contributed by atoms with Crippen LogP contribution in [-0.4, -0.2) is 15.7 Å². The molecule has 0 bridgehead atoms. The number of hydrogen-bond donors (Lipinski definition) is 1. The molecular formula is C18H15Cl2N3O. The summed E-state index contributed by atoms with van der Waals surface area (Å²) in [5, 5.41) is 8.11. The fourth-order valence-electron chi connectivity index (χ4n) is 2.52. The average Bonchev–Trinajstić information content (AvgIpc) is 2.89. The minimum atomic E-state index is -0.201. The van der Waals surface area contributed by atoms with Gasteiger partial charge in [0.05, 0.1) is 21.3 Å². The van der Waals surface area contributed by atoms with Crippen LogP contribution in [-0.2, 0) is 7.05 Å². The molecular weight excluding hydrogens is 345 g/mol. The molecule has 0 aliphatic carbocycles. The second-order valence-electron chi connectivity index (χ2n) is 5.43. The number of nitrogens with zero attached hydrogens (tertiary/aromatic N) is 2. The standard InChI is InChI=1S/C18H15Cl2N3O/c1-11-14(10-23(2)22-11)18(24)21-17-6-4-3-5-13(17)12-7-8-15(19)16(20)9-12/h3-10H,1-2H3,(H,21,24). The first-order chi connectivity index (χ1) is 11.5. The molecule has 1 amide bonds. The highest BCUT2D eigenvalue weighted by Crippen LogP contribution is 2.32. The van der Waals surface area contributed by atoms with Crippen molar-refractivity contribution in [2.24, 2.45) is 7.05 Å². The first kappa shape index (κ1) is 16.6. The zero-order valence-corrected chi connectivity index (χ0v) is 14.7. The number of hydrogen-bond acceptors (Lipinski definition) is 2. The van der Waals surface area contributed by atoms with Crippen LogP contribution < -0.4 is 5.32 Å². The van der Waals surface area contributed by atoms with Crippen LogP contribution in [0.15, 0.2) is 48.7 Å². The summed E-state index contributed by atoms with van der Waals surface area (Å²) in [7, 11) is 1.79. The third-order valence-electron chi connectivity index (χ3n) is 3.66. The molecule has 0 unspecified atom stereocenters. The number of anilines is 1. The maximum Gasteiger partial charge on any atom is 0.259 e. The molecule has 2 aromatic carbocycles. The molecule has 24 heavy (non-hydrogen) atoms. The van der Waals surface area contributed by atoms with Gasteiger partial charge in [0.1, 0.15) is 0 Å². The molecule has 3 aromatic rings. The molecule has 0 saturated heterocycles. The molecule has 1 N–H and O–H groups in total. The van der Waals surface area contributed by atoms with Gasteiger partial charge in [-0.05, 0) is 30.7 Å². The lowest BCUT2D eigenvalue weighted by Gasteiger charge is -2.11. The number of nitrogens with one attached hydrogen (secondary N) is 1. The largest absolute Gasteiger partial charge is 0.321 e. The Morgan fingerprint density at radius 1 is 1.12 bits per heavy atom. The molecule has 0 spiro atoms. The summed E-state index contributed by atoms with van der Waals surface area (Å²) in [4.78, 5) is 12.5. The number of carbonyl (C=O) groups excluding carboxylic acids is 1. The average molecular weight is 360 g/mol. The lowest BCUT2D eigenvalue weighted by atomic mass is 10.0. The van der Waals surface area contributed by atoms with Crippen molar-refractivity contribution in [2.45, 2.75) is 6.92 Å². The highest BCUT2D eigenvalue weighted by molar-refractivity contribution is 6.42. The van der Waals surface area contributed by atoms with Gasteiger partial charge in [0, 0.05) is 24.5 Å². The van der Waals surface area contributed by atoms with E-state index >= 15 is 0 Å². The Balaban J connectivity index is 1.96. The number of carbonyl (C=O) groups is 1. The molecule has 3 rings (SSSR count).